The number of hydrogen-bond donors (Lipinski definition) is 2. The average Bonchev–Trinajstić information content (AvgIpc) is 3.07. The molecule has 8 heteroatoms. The third kappa shape index (κ3) is 4.06. The largest absolute Gasteiger partial charge is 0.450 e. The highest BCUT2D eigenvalue weighted by Gasteiger charge is 2.16. The van der Waals surface area contributed by atoms with Crippen LogP contribution in [-0.4, -0.2) is 25.7 Å². The monoisotopic (exact) mass is 437 g/mol. The standard InChI is InChI=1S/C23H23N3O4S/c1-3-26-21-8-6-5-7-19(21)20-15-17(11-14-22(20)26)25-31(28,29)18-12-9-16(10-13-18)24-23(27)30-4-2/h5-15,25H,3-4H2,1-2H3,(H,24,27). The molecule has 0 atom stereocenters. The quantitative estimate of drug-likeness (QED) is 0.435. The van der Waals surface area contributed by atoms with Crippen molar-refractivity contribution >= 4 is 49.3 Å². The van der Waals surface area contributed by atoms with Gasteiger partial charge in [0.15, 0.2) is 0 Å². The molecule has 0 fully saturated rings. The Hall–Kier alpha value is -3.52. The molecule has 1 aromatic heterocycles. The molecule has 160 valence electrons. The molecule has 0 aliphatic carbocycles. The van der Waals surface area contributed by atoms with Crippen LogP contribution >= 0.6 is 0 Å². The second-order valence-corrected chi connectivity index (χ2v) is 8.65. The molecule has 2 N–H and O–H groups in total. The molecule has 4 rings (SSSR count). The van der Waals surface area contributed by atoms with Gasteiger partial charge in [0.1, 0.15) is 0 Å². The van der Waals surface area contributed by atoms with Gasteiger partial charge in [0.2, 0.25) is 0 Å². The lowest BCUT2D eigenvalue weighted by Crippen LogP contribution is -2.14. The van der Waals surface area contributed by atoms with Crippen LogP contribution in [0.25, 0.3) is 21.8 Å². The van der Waals surface area contributed by atoms with E-state index in [0.717, 1.165) is 28.4 Å². The van der Waals surface area contributed by atoms with E-state index in [4.69, 9.17) is 4.74 Å². The zero-order valence-corrected chi connectivity index (χ0v) is 18.1. The molecule has 3 aromatic carbocycles. The van der Waals surface area contributed by atoms with Gasteiger partial charge < -0.3 is 9.30 Å². The maximum absolute atomic E-state index is 12.9. The summed E-state index contributed by atoms with van der Waals surface area (Å²) < 4.78 is 35.4. The van der Waals surface area contributed by atoms with Crippen LogP contribution in [0.4, 0.5) is 16.2 Å². The molecule has 4 aromatic rings. The minimum absolute atomic E-state index is 0.0954. The first-order valence-corrected chi connectivity index (χ1v) is 11.5. The Kier molecular flexibility index (Phi) is 5.56. The van der Waals surface area contributed by atoms with Crippen molar-refractivity contribution < 1.29 is 17.9 Å². The lowest BCUT2D eigenvalue weighted by Gasteiger charge is -2.10. The number of anilines is 2. The van der Waals surface area contributed by atoms with Crippen LogP contribution in [-0.2, 0) is 21.3 Å². The molecule has 0 radical (unpaired) electrons. The lowest BCUT2D eigenvalue weighted by atomic mass is 10.1. The fourth-order valence-corrected chi connectivity index (χ4v) is 4.72. The molecule has 0 saturated carbocycles. The van der Waals surface area contributed by atoms with Crippen molar-refractivity contribution in [1.82, 2.24) is 4.57 Å². The molecule has 7 nitrogen and oxygen atoms in total. The van der Waals surface area contributed by atoms with Crippen LogP contribution < -0.4 is 10.0 Å². The normalized spacial score (nSPS) is 11.5. The first kappa shape index (κ1) is 20.7. The predicted octanol–water partition coefficient (Wildman–Crippen LogP) is 5.18. The number of nitrogens with one attached hydrogen (secondary N) is 2. The first-order chi connectivity index (χ1) is 14.9. The molecule has 31 heavy (non-hydrogen) atoms. The minimum Gasteiger partial charge on any atom is -0.450 e. The number of carbonyl (C=O) groups excluding carboxylic acids is 1. The number of aryl methyl sites for hydroxylation is 1. The second-order valence-electron chi connectivity index (χ2n) is 6.97. The van der Waals surface area contributed by atoms with E-state index in [-0.39, 0.29) is 11.5 Å². The number of fused-ring (bicyclic) bond motifs is 3. The van der Waals surface area contributed by atoms with Gasteiger partial charge in [0.05, 0.1) is 11.5 Å². The third-order valence-electron chi connectivity index (χ3n) is 5.03. The number of nitrogens with zero attached hydrogens (tertiary/aromatic N) is 1. The number of hydrogen-bond acceptors (Lipinski definition) is 4. The molecule has 0 saturated heterocycles. The van der Waals surface area contributed by atoms with Crippen LogP contribution in [0, 0.1) is 0 Å². The Bertz CT molecular complexity index is 1360. The van der Waals surface area contributed by atoms with Gasteiger partial charge >= 0.3 is 6.09 Å². The number of rotatable bonds is 6. The number of carbonyl (C=O) groups is 1. The van der Waals surface area contributed by atoms with Crippen molar-refractivity contribution in [2.45, 2.75) is 25.3 Å². The maximum atomic E-state index is 12.9. The van der Waals surface area contributed by atoms with Crippen molar-refractivity contribution in [2.24, 2.45) is 0 Å². The summed E-state index contributed by atoms with van der Waals surface area (Å²) in [6.45, 7) is 4.87. The Labute approximate surface area is 180 Å². The number of amides is 1. The molecule has 0 unspecified atom stereocenters. The molecular weight excluding hydrogens is 414 g/mol. The number of benzene rings is 3. The summed E-state index contributed by atoms with van der Waals surface area (Å²) >= 11 is 0. The van der Waals surface area contributed by atoms with Gasteiger partial charge in [0, 0.05) is 39.7 Å². The molecular formula is C23H23N3O4S. The van der Waals surface area contributed by atoms with Gasteiger partial charge in [-0.2, -0.15) is 0 Å². The van der Waals surface area contributed by atoms with Crippen molar-refractivity contribution in [3.63, 3.8) is 0 Å². The number of aromatic nitrogens is 1. The van der Waals surface area contributed by atoms with Crippen LogP contribution in [0.2, 0.25) is 0 Å². The van der Waals surface area contributed by atoms with Gasteiger partial charge in [-0.25, -0.2) is 13.2 Å². The second kappa shape index (κ2) is 8.31. The van der Waals surface area contributed by atoms with Crippen LogP contribution in [0.3, 0.4) is 0 Å². The van der Waals surface area contributed by atoms with Crippen molar-refractivity contribution in [3.8, 4) is 0 Å². The van der Waals surface area contributed by atoms with Crippen LogP contribution in [0.15, 0.2) is 71.6 Å². The highest BCUT2D eigenvalue weighted by Crippen LogP contribution is 2.31. The van der Waals surface area contributed by atoms with Crippen molar-refractivity contribution in [2.75, 3.05) is 16.6 Å². The summed E-state index contributed by atoms with van der Waals surface area (Å²) in [5.41, 5.74) is 3.11. The Morgan fingerprint density at radius 2 is 1.58 bits per heavy atom. The number of ether oxygens (including phenoxy) is 1. The summed E-state index contributed by atoms with van der Waals surface area (Å²) in [7, 11) is -3.79. The van der Waals surface area contributed by atoms with Crippen molar-refractivity contribution in [3.05, 3.63) is 66.7 Å². The zero-order valence-electron chi connectivity index (χ0n) is 17.3. The van der Waals surface area contributed by atoms with E-state index in [1.807, 2.05) is 30.3 Å². The fourth-order valence-electron chi connectivity index (χ4n) is 3.67. The smallest absolute Gasteiger partial charge is 0.411 e. The van der Waals surface area contributed by atoms with Gasteiger partial charge in [0.25, 0.3) is 10.0 Å². The lowest BCUT2D eigenvalue weighted by molar-refractivity contribution is 0.168. The van der Waals surface area contributed by atoms with Crippen LogP contribution in [0.1, 0.15) is 13.8 Å². The molecule has 0 bridgehead atoms. The predicted molar refractivity (Wildman–Crippen MR) is 123 cm³/mol. The highest BCUT2D eigenvalue weighted by molar-refractivity contribution is 7.92. The van der Waals surface area contributed by atoms with Gasteiger partial charge in [-0.15, -0.1) is 0 Å². The molecule has 1 heterocycles. The van der Waals surface area contributed by atoms with E-state index in [9.17, 15) is 13.2 Å². The summed E-state index contributed by atoms with van der Waals surface area (Å²) in [5, 5.41) is 4.61. The van der Waals surface area contributed by atoms with E-state index in [2.05, 4.69) is 27.6 Å². The summed E-state index contributed by atoms with van der Waals surface area (Å²) in [4.78, 5) is 11.6. The number of sulfonamides is 1. The van der Waals surface area contributed by atoms with Crippen molar-refractivity contribution in [1.29, 1.82) is 0 Å². The van der Waals surface area contributed by atoms with E-state index in [1.54, 1.807) is 13.0 Å². The summed E-state index contributed by atoms with van der Waals surface area (Å²) in [5.74, 6) is 0. The zero-order chi connectivity index (χ0) is 22.0. The molecule has 0 aliphatic rings. The van der Waals surface area contributed by atoms with Gasteiger partial charge in [-0.1, -0.05) is 18.2 Å². The molecule has 0 aliphatic heterocycles. The molecule has 0 spiro atoms. The highest BCUT2D eigenvalue weighted by atomic mass is 32.2. The summed E-state index contributed by atoms with van der Waals surface area (Å²) in [6.07, 6.45) is -0.587. The maximum Gasteiger partial charge on any atom is 0.411 e. The third-order valence-corrected chi connectivity index (χ3v) is 6.42. The number of para-hydroxylation sites is 1. The van der Waals surface area contributed by atoms with Crippen LogP contribution in [0.5, 0.6) is 0 Å². The average molecular weight is 438 g/mol. The SMILES string of the molecule is CCOC(=O)Nc1ccc(S(=O)(=O)Nc2ccc3c(c2)c2ccccc2n3CC)cc1. The minimum atomic E-state index is -3.79. The van der Waals surface area contributed by atoms with E-state index < -0.39 is 16.1 Å². The molecule has 1 amide bonds. The Balaban J connectivity index is 1.62. The summed E-state index contributed by atoms with van der Waals surface area (Å²) in [6, 6.07) is 19.5. The van der Waals surface area contributed by atoms with E-state index >= 15 is 0 Å². The Morgan fingerprint density at radius 3 is 2.29 bits per heavy atom. The topological polar surface area (TPSA) is 89.4 Å². The van der Waals surface area contributed by atoms with E-state index in [1.165, 1.54) is 24.3 Å². The first-order valence-electron chi connectivity index (χ1n) is 10.0. The van der Waals surface area contributed by atoms with Gasteiger partial charge in [-0.3, -0.25) is 10.0 Å². The van der Waals surface area contributed by atoms with Gasteiger partial charge in [-0.05, 0) is 62.4 Å². The van der Waals surface area contributed by atoms with E-state index in [0.29, 0.717) is 11.4 Å². The fraction of sp³-hybridized carbons (Fsp3) is 0.174. The Morgan fingerprint density at radius 1 is 0.903 bits per heavy atom.